The number of hydrogen-bond donors (Lipinski definition) is 2. The van der Waals surface area contributed by atoms with E-state index in [0.29, 0.717) is 13.1 Å². The first kappa shape index (κ1) is 20.1. The third kappa shape index (κ3) is 3.33. The Kier molecular flexibility index (Phi) is 5.10. The van der Waals surface area contributed by atoms with Crippen molar-refractivity contribution in [3.8, 4) is 0 Å². The molecule has 0 radical (unpaired) electrons. The number of nitrogens with zero attached hydrogens (tertiary/aromatic N) is 2. The van der Waals surface area contributed by atoms with Crippen molar-refractivity contribution in [1.82, 2.24) is 14.8 Å². The molecule has 0 aliphatic carbocycles. The molecule has 6 nitrogen and oxygen atoms in total. The van der Waals surface area contributed by atoms with E-state index < -0.39 is 23.1 Å². The predicted octanol–water partition coefficient (Wildman–Crippen LogP) is 3.35. The van der Waals surface area contributed by atoms with Gasteiger partial charge >= 0.3 is 0 Å². The van der Waals surface area contributed by atoms with Crippen LogP contribution in [-0.4, -0.2) is 58.8 Å². The Labute approximate surface area is 165 Å². The second-order valence-electron chi connectivity index (χ2n) is 8.76. The van der Waals surface area contributed by atoms with Crippen molar-refractivity contribution in [2.75, 3.05) is 27.2 Å². The number of aryl methyl sites for hydroxylation is 1. The van der Waals surface area contributed by atoms with E-state index in [1.165, 1.54) is 0 Å². The SMILES string of the molecule is Cc1[nH]c2ccccc2c1C1C(C(=O)C(C)(C)C)=C(O)C(=O)N1CCN(C)C. The lowest BCUT2D eigenvalue weighted by Gasteiger charge is -2.30. The summed E-state index contributed by atoms with van der Waals surface area (Å²) in [5, 5.41) is 11.7. The van der Waals surface area contributed by atoms with E-state index in [1.807, 2.05) is 71.0 Å². The molecule has 1 amide bonds. The van der Waals surface area contributed by atoms with Crippen molar-refractivity contribution >= 4 is 22.6 Å². The number of rotatable bonds is 5. The summed E-state index contributed by atoms with van der Waals surface area (Å²) in [6.45, 7) is 8.41. The number of amides is 1. The van der Waals surface area contributed by atoms with Gasteiger partial charge < -0.3 is 19.9 Å². The average Bonchev–Trinajstić information content (AvgIpc) is 3.05. The summed E-state index contributed by atoms with van der Waals surface area (Å²) in [5.41, 5.74) is 2.20. The van der Waals surface area contributed by atoms with Crippen LogP contribution in [0.5, 0.6) is 0 Å². The minimum absolute atomic E-state index is 0.198. The van der Waals surface area contributed by atoms with Gasteiger partial charge in [-0.25, -0.2) is 0 Å². The van der Waals surface area contributed by atoms with Crippen LogP contribution in [0.1, 0.15) is 38.1 Å². The Balaban J connectivity index is 2.21. The van der Waals surface area contributed by atoms with Gasteiger partial charge in [0.05, 0.1) is 11.6 Å². The second kappa shape index (κ2) is 7.09. The molecule has 2 N–H and O–H groups in total. The smallest absolute Gasteiger partial charge is 0.290 e. The molecule has 1 aliphatic heterocycles. The van der Waals surface area contributed by atoms with E-state index in [4.69, 9.17) is 0 Å². The number of likely N-dealkylation sites (N-methyl/N-ethyl adjacent to an activating group) is 1. The van der Waals surface area contributed by atoms with Crippen molar-refractivity contribution in [2.45, 2.75) is 33.7 Å². The number of H-pyrrole nitrogens is 1. The topological polar surface area (TPSA) is 76.6 Å². The summed E-state index contributed by atoms with van der Waals surface area (Å²) in [6.07, 6.45) is 0. The minimum atomic E-state index is -0.709. The first-order chi connectivity index (χ1) is 13.0. The molecule has 28 heavy (non-hydrogen) atoms. The molecule has 0 saturated heterocycles. The number of para-hydroxylation sites is 1. The van der Waals surface area contributed by atoms with Gasteiger partial charge in [-0.1, -0.05) is 39.0 Å². The molecular weight excluding hydrogens is 354 g/mol. The Hall–Kier alpha value is -2.60. The van der Waals surface area contributed by atoms with E-state index in [2.05, 4.69) is 4.98 Å². The standard InChI is InChI=1S/C22H29N3O3/c1-13-16(14-9-7-8-10-15(14)23-13)18-17(20(27)22(2,3)4)19(26)21(28)25(18)12-11-24(5)6/h7-10,18,23,26H,11-12H2,1-6H3. The summed E-state index contributed by atoms with van der Waals surface area (Å²) in [5.74, 6) is -1.11. The predicted molar refractivity (Wildman–Crippen MR) is 110 cm³/mol. The molecule has 3 rings (SSSR count). The fourth-order valence-electron chi connectivity index (χ4n) is 3.78. The quantitative estimate of drug-likeness (QED) is 0.830. The molecule has 0 bridgehead atoms. The van der Waals surface area contributed by atoms with Crippen LogP contribution >= 0.6 is 0 Å². The highest BCUT2D eigenvalue weighted by Crippen LogP contribution is 2.44. The number of nitrogens with one attached hydrogen (secondary N) is 1. The zero-order valence-corrected chi connectivity index (χ0v) is 17.5. The lowest BCUT2D eigenvalue weighted by atomic mass is 9.81. The zero-order chi connectivity index (χ0) is 20.8. The van der Waals surface area contributed by atoms with Gasteiger partial charge in [-0.15, -0.1) is 0 Å². The van der Waals surface area contributed by atoms with E-state index in [9.17, 15) is 14.7 Å². The highest BCUT2D eigenvalue weighted by Gasteiger charge is 2.47. The fourth-order valence-corrected chi connectivity index (χ4v) is 3.78. The molecule has 1 aromatic heterocycles. The molecule has 0 fully saturated rings. The third-order valence-electron chi connectivity index (χ3n) is 5.23. The number of hydrogen-bond acceptors (Lipinski definition) is 4. The molecule has 1 aliphatic rings. The Morgan fingerprint density at radius 2 is 1.89 bits per heavy atom. The maximum Gasteiger partial charge on any atom is 0.290 e. The van der Waals surface area contributed by atoms with Gasteiger partial charge in [0, 0.05) is 40.7 Å². The van der Waals surface area contributed by atoms with Crippen molar-refractivity contribution in [2.24, 2.45) is 5.41 Å². The lowest BCUT2D eigenvalue weighted by Crippen LogP contribution is -2.37. The van der Waals surface area contributed by atoms with Crippen LogP contribution in [0.2, 0.25) is 0 Å². The van der Waals surface area contributed by atoms with Crippen LogP contribution in [0.4, 0.5) is 0 Å². The van der Waals surface area contributed by atoms with Gasteiger partial charge in [0.1, 0.15) is 0 Å². The van der Waals surface area contributed by atoms with Gasteiger partial charge in [-0.3, -0.25) is 9.59 Å². The minimum Gasteiger partial charge on any atom is -0.503 e. The first-order valence-corrected chi connectivity index (χ1v) is 9.55. The van der Waals surface area contributed by atoms with Crippen LogP contribution in [0.25, 0.3) is 10.9 Å². The molecule has 6 heteroatoms. The monoisotopic (exact) mass is 383 g/mol. The molecule has 1 aromatic carbocycles. The molecule has 2 heterocycles. The molecule has 1 atom stereocenters. The van der Waals surface area contributed by atoms with Crippen LogP contribution in [-0.2, 0) is 9.59 Å². The van der Waals surface area contributed by atoms with Gasteiger partial charge in [0.15, 0.2) is 11.5 Å². The van der Waals surface area contributed by atoms with Gasteiger partial charge in [-0.05, 0) is 27.1 Å². The summed E-state index contributed by atoms with van der Waals surface area (Å²) in [7, 11) is 3.86. The summed E-state index contributed by atoms with van der Waals surface area (Å²) in [6, 6.07) is 7.24. The summed E-state index contributed by atoms with van der Waals surface area (Å²) < 4.78 is 0. The highest BCUT2D eigenvalue weighted by atomic mass is 16.3. The van der Waals surface area contributed by atoms with E-state index in [1.54, 1.807) is 4.90 Å². The number of Topliss-reactive ketones (excluding diaryl/α,β-unsaturated/α-hetero) is 1. The lowest BCUT2D eigenvalue weighted by molar-refractivity contribution is -0.129. The summed E-state index contributed by atoms with van der Waals surface area (Å²) in [4.78, 5) is 33.1. The highest BCUT2D eigenvalue weighted by molar-refractivity contribution is 6.11. The Morgan fingerprint density at radius 1 is 1.25 bits per heavy atom. The molecule has 150 valence electrons. The Morgan fingerprint density at radius 3 is 2.50 bits per heavy atom. The van der Waals surface area contributed by atoms with Gasteiger partial charge in [0.25, 0.3) is 5.91 Å². The maximum absolute atomic E-state index is 13.2. The number of benzene rings is 1. The summed E-state index contributed by atoms with van der Waals surface area (Å²) >= 11 is 0. The molecule has 0 saturated carbocycles. The number of carbonyl (C=O) groups excluding carboxylic acids is 2. The van der Waals surface area contributed by atoms with E-state index >= 15 is 0 Å². The van der Waals surface area contributed by atoms with E-state index in [-0.39, 0.29) is 11.4 Å². The number of carbonyl (C=O) groups is 2. The normalized spacial score (nSPS) is 18.0. The largest absolute Gasteiger partial charge is 0.503 e. The molecule has 0 spiro atoms. The zero-order valence-electron chi connectivity index (χ0n) is 17.5. The number of aromatic amines is 1. The van der Waals surface area contributed by atoms with Crippen LogP contribution in [0, 0.1) is 12.3 Å². The number of aromatic nitrogens is 1. The second-order valence-corrected chi connectivity index (χ2v) is 8.76. The van der Waals surface area contributed by atoms with Crippen molar-refractivity contribution in [3.05, 3.63) is 46.9 Å². The maximum atomic E-state index is 13.2. The van der Waals surface area contributed by atoms with E-state index in [0.717, 1.165) is 22.2 Å². The van der Waals surface area contributed by atoms with Gasteiger partial charge in [-0.2, -0.15) is 0 Å². The molecule has 1 unspecified atom stereocenters. The Bertz CT molecular complexity index is 963. The van der Waals surface area contributed by atoms with Crippen molar-refractivity contribution in [3.63, 3.8) is 0 Å². The number of fused-ring (bicyclic) bond motifs is 1. The fraction of sp³-hybridized carbons (Fsp3) is 0.455. The van der Waals surface area contributed by atoms with Gasteiger partial charge in [0.2, 0.25) is 0 Å². The number of aliphatic hydroxyl groups excluding tert-OH is 1. The third-order valence-corrected chi connectivity index (χ3v) is 5.23. The van der Waals surface area contributed by atoms with Crippen LogP contribution in [0.3, 0.4) is 0 Å². The van der Waals surface area contributed by atoms with Crippen LogP contribution in [0.15, 0.2) is 35.6 Å². The van der Waals surface area contributed by atoms with Crippen LogP contribution < -0.4 is 0 Å². The van der Waals surface area contributed by atoms with Crippen molar-refractivity contribution in [1.29, 1.82) is 0 Å². The molecule has 2 aromatic rings. The van der Waals surface area contributed by atoms with Crippen molar-refractivity contribution < 1.29 is 14.7 Å². The first-order valence-electron chi connectivity index (χ1n) is 9.55. The molecular formula is C22H29N3O3. The number of aliphatic hydroxyl groups is 1. The number of ketones is 1. The average molecular weight is 383 g/mol.